The molecule has 9 heteroatoms. The van der Waals surface area contributed by atoms with Crippen molar-refractivity contribution in [3.05, 3.63) is 59.2 Å². The third-order valence-electron chi connectivity index (χ3n) is 4.47. The van der Waals surface area contributed by atoms with Gasteiger partial charge in [0.25, 0.3) is 5.91 Å². The maximum Gasteiger partial charge on any atom is 0.258 e. The third kappa shape index (κ3) is 4.73. The zero-order valence-corrected chi connectivity index (χ0v) is 15.7. The van der Waals surface area contributed by atoms with Gasteiger partial charge in [0.15, 0.2) is 23.2 Å². The molecule has 154 valence electrons. The Labute approximate surface area is 165 Å². The summed E-state index contributed by atoms with van der Waals surface area (Å²) in [4.78, 5) is 28.9. The van der Waals surface area contributed by atoms with Gasteiger partial charge in [0.2, 0.25) is 5.95 Å². The highest BCUT2D eigenvalue weighted by molar-refractivity contribution is 5.96. The lowest BCUT2D eigenvalue weighted by atomic mass is 10.1. The number of morpholine rings is 1. The van der Waals surface area contributed by atoms with E-state index in [0.29, 0.717) is 0 Å². The van der Waals surface area contributed by atoms with Crippen LogP contribution in [-0.2, 0) is 4.74 Å². The van der Waals surface area contributed by atoms with Crippen molar-refractivity contribution in [2.24, 2.45) is 0 Å². The molecular weight excluding hydrogens is 389 g/mol. The van der Waals surface area contributed by atoms with Crippen molar-refractivity contribution in [1.29, 1.82) is 0 Å². The molecule has 1 aromatic heterocycles. The summed E-state index contributed by atoms with van der Waals surface area (Å²) >= 11 is 0. The van der Waals surface area contributed by atoms with Gasteiger partial charge in [0, 0.05) is 24.7 Å². The Bertz CT molecular complexity index is 899. The number of carbonyl (C=O) groups excluding carboxylic acids is 2. The second-order valence-corrected chi connectivity index (χ2v) is 6.44. The number of hydrogen-bond donors (Lipinski definition) is 0. The van der Waals surface area contributed by atoms with Crippen molar-refractivity contribution in [3.8, 4) is 5.75 Å². The molecule has 1 unspecified atom stereocenters. The number of Topliss-reactive ketones (excluding diaryl/α,β-unsaturated/α-hetero) is 1. The molecule has 29 heavy (non-hydrogen) atoms. The number of hydrogen-bond acceptors (Lipinski definition) is 5. The van der Waals surface area contributed by atoms with Crippen LogP contribution in [0, 0.1) is 17.6 Å². The summed E-state index contributed by atoms with van der Waals surface area (Å²) in [6, 6.07) is 4.63. The Morgan fingerprint density at radius 3 is 2.66 bits per heavy atom. The minimum atomic E-state index is -0.997. The first-order valence-corrected chi connectivity index (χ1v) is 9.07. The Balaban J connectivity index is 1.65. The predicted octanol–water partition coefficient (Wildman–Crippen LogP) is 3.01. The molecule has 1 atom stereocenters. The largest absolute Gasteiger partial charge is 0.485 e. The molecule has 0 bridgehead atoms. The molecule has 1 fully saturated rings. The molecular formula is C20H19F3N2O4. The SMILES string of the molecule is CCC(=O)c1cc(F)c(OCC2CN(C(=O)c3cccnc3F)CCO2)c(F)c1. The van der Waals surface area contributed by atoms with E-state index in [1.807, 2.05) is 0 Å². The van der Waals surface area contributed by atoms with Gasteiger partial charge in [-0.2, -0.15) is 4.39 Å². The summed E-state index contributed by atoms with van der Waals surface area (Å²) in [5.41, 5.74) is -0.235. The van der Waals surface area contributed by atoms with Crippen molar-refractivity contribution < 1.29 is 32.2 Å². The average molecular weight is 408 g/mol. The first kappa shape index (κ1) is 20.8. The number of rotatable bonds is 6. The maximum absolute atomic E-state index is 14.2. The van der Waals surface area contributed by atoms with Gasteiger partial charge < -0.3 is 14.4 Å². The van der Waals surface area contributed by atoms with Gasteiger partial charge in [0.05, 0.1) is 18.7 Å². The highest BCUT2D eigenvalue weighted by Gasteiger charge is 2.28. The van der Waals surface area contributed by atoms with Crippen molar-refractivity contribution in [2.45, 2.75) is 19.4 Å². The van der Waals surface area contributed by atoms with Crippen LogP contribution in [0.15, 0.2) is 30.5 Å². The Morgan fingerprint density at radius 2 is 2.00 bits per heavy atom. The Morgan fingerprint density at radius 1 is 1.28 bits per heavy atom. The molecule has 1 aromatic carbocycles. The van der Waals surface area contributed by atoms with E-state index in [1.165, 1.54) is 23.2 Å². The van der Waals surface area contributed by atoms with E-state index >= 15 is 0 Å². The van der Waals surface area contributed by atoms with Crippen LogP contribution < -0.4 is 4.74 Å². The normalized spacial score (nSPS) is 16.6. The van der Waals surface area contributed by atoms with E-state index in [4.69, 9.17) is 9.47 Å². The van der Waals surface area contributed by atoms with Gasteiger partial charge in [0.1, 0.15) is 12.7 Å². The smallest absolute Gasteiger partial charge is 0.258 e. The lowest BCUT2D eigenvalue weighted by Gasteiger charge is -2.32. The summed E-state index contributed by atoms with van der Waals surface area (Å²) < 4.78 is 52.8. The van der Waals surface area contributed by atoms with E-state index in [1.54, 1.807) is 6.92 Å². The average Bonchev–Trinajstić information content (AvgIpc) is 2.72. The highest BCUT2D eigenvalue weighted by atomic mass is 19.1. The number of ether oxygens (including phenoxy) is 2. The summed E-state index contributed by atoms with van der Waals surface area (Å²) in [5, 5.41) is 0. The second-order valence-electron chi connectivity index (χ2n) is 6.44. The van der Waals surface area contributed by atoms with Gasteiger partial charge in [-0.3, -0.25) is 9.59 Å². The summed E-state index contributed by atoms with van der Waals surface area (Å²) in [7, 11) is 0. The van der Waals surface area contributed by atoms with Gasteiger partial charge in [-0.05, 0) is 24.3 Å². The number of carbonyl (C=O) groups is 2. The fraction of sp³-hybridized carbons (Fsp3) is 0.350. The molecule has 1 saturated heterocycles. The van der Waals surface area contributed by atoms with Crippen LogP contribution in [0.2, 0.25) is 0 Å². The Kier molecular flexibility index (Phi) is 6.48. The van der Waals surface area contributed by atoms with Crippen molar-refractivity contribution >= 4 is 11.7 Å². The molecule has 0 aliphatic carbocycles. The van der Waals surface area contributed by atoms with Gasteiger partial charge in [-0.15, -0.1) is 0 Å². The minimum Gasteiger partial charge on any atom is -0.485 e. The van der Waals surface area contributed by atoms with Gasteiger partial charge in [-0.25, -0.2) is 13.8 Å². The zero-order chi connectivity index (χ0) is 21.0. The number of benzene rings is 1. The van der Waals surface area contributed by atoms with Crippen LogP contribution in [-0.4, -0.2) is 54.0 Å². The molecule has 2 aromatic rings. The molecule has 0 radical (unpaired) electrons. The molecule has 0 N–H and O–H groups in total. The summed E-state index contributed by atoms with van der Waals surface area (Å²) in [6.07, 6.45) is 0.698. The topological polar surface area (TPSA) is 68.7 Å². The first-order valence-electron chi connectivity index (χ1n) is 9.07. The van der Waals surface area contributed by atoms with E-state index in [0.717, 1.165) is 12.1 Å². The van der Waals surface area contributed by atoms with Gasteiger partial charge in [-0.1, -0.05) is 6.92 Å². The summed E-state index contributed by atoms with van der Waals surface area (Å²) in [5.74, 6) is -4.43. The van der Waals surface area contributed by atoms with Crippen LogP contribution in [0.3, 0.4) is 0 Å². The molecule has 1 aliphatic heterocycles. The fourth-order valence-electron chi connectivity index (χ4n) is 2.96. The number of pyridine rings is 1. The van der Waals surface area contributed by atoms with Crippen LogP contribution in [0.5, 0.6) is 5.75 Å². The van der Waals surface area contributed by atoms with Crippen LogP contribution in [0.1, 0.15) is 34.1 Å². The van der Waals surface area contributed by atoms with Crippen molar-refractivity contribution in [2.75, 3.05) is 26.3 Å². The molecule has 1 amide bonds. The van der Waals surface area contributed by atoms with Crippen molar-refractivity contribution in [1.82, 2.24) is 9.88 Å². The summed E-state index contributed by atoms with van der Waals surface area (Å²) in [6.45, 7) is 1.82. The van der Waals surface area contributed by atoms with E-state index < -0.39 is 35.3 Å². The lowest BCUT2D eigenvalue weighted by molar-refractivity contribution is -0.0412. The quantitative estimate of drug-likeness (QED) is 0.543. The highest BCUT2D eigenvalue weighted by Crippen LogP contribution is 2.25. The number of halogens is 3. The molecule has 6 nitrogen and oxygen atoms in total. The predicted molar refractivity (Wildman–Crippen MR) is 96.3 cm³/mol. The van der Waals surface area contributed by atoms with Crippen molar-refractivity contribution in [3.63, 3.8) is 0 Å². The Hall–Kier alpha value is -2.94. The molecule has 1 aliphatic rings. The fourth-order valence-corrected chi connectivity index (χ4v) is 2.96. The lowest BCUT2D eigenvalue weighted by Crippen LogP contribution is -2.47. The maximum atomic E-state index is 14.2. The minimum absolute atomic E-state index is 0.0583. The first-order chi connectivity index (χ1) is 13.9. The number of nitrogens with zero attached hydrogens (tertiary/aromatic N) is 2. The number of ketones is 1. The molecule has 3 rings (SSSR count). The zero-order valence-electron chi connectivity index (χ0n) is 15.7. The monoisotopic (exact) mass is 408 g/mol. The number of aromatic nitrogens is 1. The number of amides is 1. The molecule has 0 spiro atoms. The van der Waals surface area contributed by atoms with Crippen LogP contribution in [0.4, 0.5) is 13.2 Å². The van der Waals surface area contributed by atoms with E-state index in [9.17, 15) is 22.8 Å². The molecule has 0 saturated carbocycles. The standard InChI is InChI=1S/C20H19F3N2O4/c1-2-17(26)12-8-15(21)18(16(22)9-12)29-11-13-10-25(6-7-28-13)20(27)14-4-3-5-24-19(14)23/h3-5,8-9,13H,2,6-7,10-11H2,1H3. The van der Waals surface area contributed by atoms with Gasteiger partial charge >= 0.3 is 0 Å². The van der Waals surface area contributed by atoms with Crippen LogP contribution in [0.25, 0.3) is 0 Å². The van der Waals surface area contributed by atoms with Crippen LogP contribution >= 0.6 is 0 Å². The van der Waals surface area contributed by atoms with E-state index in [-0.39, 0.29) is 49.6 Å². The second kappa shape index (κ2) is 9.04. The van der Waals surface area contributed by atoms with E-state index in [2.05, 4.69) is 4.98 Å². The molecule has 2 heterocycles. The third-order valence-corrected chi connectivity index (χ3v) is 4.47.